The summed E-state index contributed by atoms with van der Waals surface area (Å²) in [5.74, 6) is -0.857. The van der Waals surface area contributed by atoms with E-state index in [2.05, 4.69) is 10.6 Å². The summed E-state index contributed by atoms with van der Waals surface area (Å²) < 4.78 is 85.9. The molecule has 3 fully saturated rings. The third-order valence-corrected chi connectivity index (χ3v) is 7.50. The van der Waals surface area contributed by atoms with Gasteiger partial charge in [0.15, 0.2) is 12.6 Å². The first kappa shape index (κ1) is 45.6. The Morgan fingerprint density at radius 3 is 1.88 bits per heavy atom. The maximum absolute atomic E-state index is 12.4. The highest BCUT2D eigenvalue weighted by atomic mass is 32.3. The van der Waals surface area contributed by atoms with Gasteiger partial charge in [-0.25, -0.2) is 0 Å². The predicted octanol–water partition coefficient (Wildman–Crippen LogP) is -8.83. The molecule has 49 heavy (non-hydrogen) atoms. The molecule has 0 radical (unpaired) electrons. The van der Waals surface area contributed by atoms with E-state index in [0.29, 0.717) is 0 Å². The minimum atomic E-state index is -4.67. The van der Waals surface area contributed by atoms with Crippen LogP contribution in [0.15, 0.2) is 0 Å². The van der Waals surface area contributed by atoms with Gasteiger partial charge in [0.25, 0.3) is 0 Å². The molecule has 0 aromatic rings. The molecule has 0 aromatic heterocycles. The fourth-order valence-corrected chi connectivity index (χ4v) is 5.22. The average Bonchev–Trinajstić information content (AvgIpc) is 2.96. The van der Waals surface area contributed by atoms with E-state index in [4.69, 9.17) is 71.2 Å². The number of carbonyl (C=O) groups is 1. The summed E-state index contributed by atoms with van der Waals surface area (Å²) >= 11 is 0. The van der Waals surface area contributed by atoms with Crippen molar-refractivity contribution in [3.05, 3.63) is 0 Å². The van der Waals surface area contributed by atoms with E-state index in [9.17, 15) is 40.5 Å². The van der Waals surface area contributed by atoms with Crippen LogP contribution in [-0.2, 0) is 44.5 Å². The molecule has 0 spiro atoms. The van der Waals surface area contributed by atoms with Crippen LogP contribution >= 0.6 is 0 Å². The summed E-state index contributed by atoms with van der Waals surface area (Å²) in [6, 6.07) is -2.92. The van der Waals surface area contributed by atoms with Gasteiger partial charge in [-0.2, -0.15) is 16.8 Å². The number of ether oxygens (including phenoxy) is 4. The molecule has 27 heteroatoms. The highest BCUT2D eigenvalue weighted by molar-refractivity contribution is 7.80. The van der Waals surface area contributed by atoms with Gasteiger partial charge >= 0.3 is 20.8 Å². The molecule has 0 aromatic carbocycles. The molecule has 0 bridgehead atoms. The van der Waals surface area contributed by atoms with E-state index < -0.39 is 118 Å². The number of aliphatic hydroxyl groups excluding tert-OH is 6. The van der Waals surface area contributed by atoms with Crippen molar-refractivity contribution in [2.24, 2.45) is 17.2 Å². The first-order valence-corrected chi connectivity index (χ1v) is 17.0. The van der Waals surface area contributed by atoms with Crippen LogP contribution in [0.3, 0.4) is 0 Å². The third kappa shape index (κ3) is 14.3. The SMILES string of the molecule is CN[C@@H]1[C@@H](O)[C@@H](O[C@@H]2[C@@H](O)[C@H](O[C@H]3O[C@H](CN)[C@@H](O)[C@H](O)[C@H]3O)[C@@H](N)C[C@H]2NC(=O)C(O)CN)OC[C@]1(C)O.O=S(=O)(O)O.O=S(=O)(O)O. The summed E-state index contributed by atoms with van der Waals surface area (Å²) in [6.07, 6.45) is -16.3. The van der Waals surface area contributed by atoms with Gasteiger partial charge in [0.2, 0.25) is 5.91 Å². The van der Waals surface area contributed by atoms with E-state index in [0.717, 1.165) is 0 Å². The zero-order valence-corrected chi connectivity index (χ0v) is 27.7. The van der Waals surface area contributed by atoms with Crippen LogP contribution in [0.5, 0.6) is 0 Å². The van der Waals surface area contributed by atoms with Gasteiger partial charge < -0.3 is 82.5 Å². The minimum Gasteiger partial charge on any atom is -0.388 e. The summed E-state index contributed by atoms with van der Waals surface area (Å²) in [4.78, 5) is 12.4. The predicted molar refractivity (Wildman–Crippen MR) is 159 cm³/mol. The summed E-state index contributed by atoms with van der Waals surface area (Å²) in [7, 11) is -7.81. The van der Waals surface area contributed by atoms with Crippen LogP contribution < -0.4 is 27.8 Å². The summed E-state index contributed by atoms with van der Waals surface area (Å²) in [6.45, 7) is 0.634. The van der Waals surface area contributed by atoms with Crippen LogP contribution in [0.4, 0.5) is 0 Å². The quantitative estimate of drug-likeness (QED) is 0.0969. The molecular formula is C22H47N5O20S2. The Hall–Kier alpha value is -1.39. The third-order valence-electron chi connectivity index (χ3n) is 7.50. The molecule has 2 heterocycles. The van der Waals surface area contributed by atoms with Crippen molar-refractivity contribution in [3.8, 4) is 0 Å². The van der Waals surface area contributed by atoms with Crippen molar-refractivity contribution in [1.82, 2.24) is 10.6 Å². The van der Waals surface area contributed by atoms with E-state index in [1.165, 1.54) is 14.0 Å². The normalized spacial score (nSPS) is 40.5. The smallest absolute Gasteiger partial charge is 0.388 e. The van der Waals surface area contributed by atoms with Crippen molar-refractivity contribution in [2.75, 3.05) is 26.7 Å². The molecule has 3 rings (SSSR count). The average molecular weight is 766 g/mol. The Bertz CT molecular complexity index is 1200. The number of rotatable bonds is 9. The van der Waals surface area contributed by atoms with Crippen LogP contribution in [0, 0.1) is 0 Å². The number of nitrogens with two attached hydrogens (primary N) is 3. The fraction of sp³-hybridized carbons (Fsp3) is 0.955. The van der Waals surface area contributed by atoms with Gasteiger partial charge in [-0.05, 0) is 20.4 Å². The van der Waals surface area contributed by atoms with Gasteiger partial charge in [-0.3, -0.25) is 23.0 Å². The molecule has 1 saturated carbocycles. The Labute approximate surface area is 280 Å². The second-order valence-electron chi connectivity index (χ2n) is 11.4. The highest BCUT2D eigenvalue weighted by Gasteiger charge is 2.53. The zero-order chi connectivity index (χ0) is 38.2. The lowest BCUT2D eigenvalue weighted by Crippen LogP contribution is -2.70. The van der Waals surface area contributed by atoms with Crippen molar-refractivity contribution >= 4 is 26.7 Å². The highest BCUT2D eigenvalue weighted by Crippen LogP contribution is 2.32. The lowest BCUT2D eigenvalue weighted by molar-refractivity contribution is -0.330. The summed E-state index contributed by atoms with van der Waals surface area (Å²) in [5, 5.41) is 78.5. The van der Waals surface area contributed by atoms with Crippen molar-refractivity contribution in [3.63, 3.8) is 0 Å². The largest absolute Gasteiger partial charge is 0.394 e. The molecule has 1 unspecified atom stereocenters. The van der Waals surface area contributed by atoms with E-state index in [1.54, 1.807) is 0 Å². The number of likely N-dealkylation sites (N-methyl/N-ethyl adjacent to an activating group) is 1. The molecule has 2 saturated heterocycles. The zero-order valence-electron chi connectivity index (χ0n) is 26.1. The number of aliphatic hydroxyl groups is 7. The Balaban J connectivity index is 0.00000105. The van der Waals surface area contributed by atoms with Gasteiger partial charge in [-0.1, -0.05) is 0 Å². The first-order valence-electron chi connectivity index (χ1n) is 14.2. The number of hydrogen-bond acceptors (Lipinski definition) is 20. The minimum absolute atomic E-state index is 0.0836. The van der Waals surface area contributed by atoms with Gasteiger partial charge in [0.1, 0.15) is 60.5 Å². The monoisotopic (exact) mass is 765 g/mol. The topological polar surface area (TPSA) is 447 Å². The van der Waals surface area contributed by atoms with E-state index >= 15 is 0 Å². The van der Waals surface area contributed by atoms with Crippen molar-refractivity contribution < 1.29 is 94.5 Å². The van der Waals surface area contributed by atoms with Gasteiger partial charge in [-0.15, -0.1) is 0 Å². The molecule has 1 amide bonds. The Kier molecular flexibility index (Phi) is 17.6. The lowest BCUT2D eigenvalue weighted by Gasteiger charge is -2.49. The standard InChI is InChI=1S/C22H43N5O12.2H2O4S/c1-22(35)6-36-20(15(33)18(22)26-2)39-17-8(27-19(34)9(28)4-23)3-7(25)16(14(17)32)38-21-13(31)12(30)11(29)10(5-24)37-21;2*1-5(2,3)4/h7-18,20-21,26,28-33,35H,3-6,23-25H2,1-2H3,(H,27,34);2*(H2,1,2,3,4)/t7-,8+,9?,10+,11+,12-,13+,14-,15+,16+,17-,18+,20+,21+,22-;;/m0../s1. The van der Waals surface area contributed by atoms with E-state index in [-0.39, 0.29) is 26.1 Å². The molecular weight excluding hydrogens is 718 g/mol. The van der Waals surface area contributed by atoms with Crippen molar-refractivity contribution in [1.29, 1.82) is 0 Å². The Morgan fingerprint density at radius 1 is 0.898 bits per heavy atom. The molecule has 2 aliphatic heterocycles. The maximum Gasteiger partial charge on any atom is 0.394 e. The molecule has 3 aliphatic rings. The molecule has 1 aliphatic carbocycles. The lowest BCUT2D eigenvalue weighted by atomic mass is 9.83. The second kappa shape index (κ2) is 18.9. The number of hydrogen-bond donors (Lipinski definition) is 16. The van der Waals surface area contributed by atoms with Gasteiger partial charge in [0.05, 0.1) is 18.7 Å². The Morgan fingerprint density at radius 2 is 1.41 bits per heavy atom. The molecule has 19 N–H and O–H groups in total. The number of nitrogens with one attached hydrogen (secondary N) is 2. The van der Waals surface area contributed by atoms with Crippen LogP contribution in [0.1, 0.15) is 13.3 Å². The van der Waals surface area contributed by atoms with Crippen LogP contribution in [-0.4, -0.2) is 195 Å². The fourth-order valence-electron chi connectivity index (χ4n) is 5.22. The molecule has 292 valence electrons. The van der Waals surface area contributed by atoms with E-state index in [1.807, 2.05) is 0 Å². The number of amides is 1. The van der Waals surface area contributed by atoms with Crippen LogP contribution in [0.2, 0.25) is 0 Å². The second-order valence-corrected chi connectivity index (χ2v) is 13.2. The maximum atomic E-state index is 12.4. The summed E-state index contributed by atoms with van der Waals surface area (Å²) in [5.41, 5.74) is 15.8. The molecule has 25 nitrogen and oxygen atoms in total. The van der Waals surface area contributed by atoms with Crippen LogP contribution in [0.25, 0.3) is 0 Å². The first-order chi connectivity index (χ1) is 22.3. The van der Waals surface area contributed by atoms with Crippen molar-refractivity contribution in [2.45, 2.75) is 105 Å². The molecule has 15 atom stereocenters. The number of carbonyl (C=O) groups excluding carboxylic acids is 1. The van der Waals surface area contributed by atoms with Gasteiger partial charge in [0, 0.05) is 19.1 Å².